The molecule has 0 bridgehead atoms. The predicted molar refractivity (Wildman–Crippen MR) is 76.1 cm³/mol. The summed E-state index contributed by atoms with van der Waals surface area (Å²) in [6.45, 7) is 3.57. The summed E-state index contributed by atoms with van der Waals surface area (Å²) in [6, 6.07) is 10.2. The van der Waals surface area contributed by atoms with E-state index in [0.717, 1.165) is 30.4 Å². The summed E-state index contributed by atoms with van der Waals surface area (Å²) in [5.41, 5.74) is 4.43. The summed E-state index contributed by atoms with van der Waals surface area (Å²) >= 11 is 3.49. The van der Waals surface area contributed by atoms with Crippen LogP contribution in [0.1, 0.15) is 31.7 Å². The SMILES string of the molecule is CCCC=C=C(Br)CCOCc1ccccc1. The molecule has 0 aromatic heterocycles. The highest BCUT2D eigenvalue weighted by Crippen LogP contribution is 2.09. The van der Waals surface area contributed by atoms with Gasteiger partial charge in [-0.25, -0.2) is 0 Å². The van der Waals surface area contributed by atoms with Gasteiger partial charge in [0.1, 0.15) is 0 Å². The highest BCUT2D eigenvalue weighted by molar-refractivity contribution is 9.11. The Morgan fingerprint density at radius 1 is 1.35 bits per heavy atom. The van der Waals surface area contributed by atoms with E-state index in [9.17, 15) is 0 Å². The standard InChI is InChI=1S/C15H19BrO/c1-2-3-5-10-15(16)11-12-17-13-14-8-6-4-7-9-14/h4-9H,2-3,11-13H2,1H3. The molecule has 0 heterocycles. The van der Waals surface area contributed by atoms with Crippen LogP contribution in [0.15, 0.2) is 46.6 Å². The Balaban J connectivity index is 2.18. The minimum Gasteiger partial charge on any atom is -0.376 e. The zero-order chi connectivity index (χ0) is 12.3. The molecule has 0 radical (unpaired) electrons. The van der Waals surface area contributed by atoms with E-state index in [4.69, 9.17) is 4.74 Å². The van der Waals surface area contributed by atoms with Gasteiger partial charge in [0.15, 0.2) is 0 Å². The molecule has 0 aliphatic heterocycles. The smallest absolute Gasteiger partial charge is 0.0717 e. The van der Waals surface area contributed by atoms with Crippen LogP contribution in [0.5, 0.6) is 0 Å². The third-order valence-corrected chi connectivity index (χ3v) is 2.89. The Bertz CT molecular complexity index is 364. The first-order valence-corrected chi connectivity index (χ1v) is 6.83. The Hall–Kier alpha value is -0.820. The van der Waals surface area contributed by atoms with Crippen molar-refractivity contribution < 1.29 is 4.74 Å². The normalized spacial score (nSPS) is 9.76. The van der Waals surface area contributed by atoms with Crippen LogP contribution in [-0.2, 0) is 11.3 Å². The zero-order valence-corrected chi connectivity index (χ0v) is 11.9. The number of unbranched alkanes of at least 4 members (excludes halogenated alkanes) is 1. The van der Waals surface area contributed by atoms with Gasteiger partial charge in [0.2, 0.25) is 0 Å². The van der Waals surface area contributed by atoms with E-state index in [1.807, 2.05) is 18.2 Å². The number of rotatable bonds is 7. The monoisotopic (exact) mass is 294 g/mol. The third-order valence-electron chi connectivity index (χ3n) is 2.27. The van der Waals surface area contributed by atoms with Gasteiger partial charge in [-0.15, -0.1) is 5.73 Å². The molecule has 17 heavy (non-hydrogen) atoms. The van der Waals surface area contributed by atoms with Crippen LogP contribution in [0, 0.1) is 0 Å². The number of hydrogen-bond acceptors (Lipinski definition) is 1. The van der Waals surface area contributed by atoms with Gasteiger partial charge in [-0.3, -0.25) is 0 Å². The van der Waals surface area contributed by atoms with E-state index in [2.05, 4.69) is 46.8 Å². The van der Waals surface area contributed by atoms with Gasteiger partial charge in [-0.2, -0.15) is 0 Å². The molecule has 92 valence electrons. The molecular formula is C15H19BrO. The number of halogens is 1. The van der Waals surface area contributed by atoms with Crippen LogP contribution >= 0.6 is 15.9 Å². The van der Waals surface area contributed by atoms with Crippen molar-refractivity contribution in [2.24, 2.45) is 0 Å². The highest BCUT2D eigenvalue weighted by Gasteiger charge is 1.93. The first kappa shape index (κ1) is 14.2. The molecule has 1 aromatic rings. The lowest BCUT2D eigenvalue weighted by atomic mass is 10.2. The van der Waals surface area contributed by atoms with E-state index in [1.165, 1.54) is 5.56 Å². The fourth-order valence-corrected chi connectivity index (χ4v) is 1.65. The lowest BCUT2D eigenvalue weighted by molar-refractivity contribution is 0.125. The molecule has 1 nitrogen and oxygen atoms in total. The molecule has 0 aliphatic carbocycles. The van der Waals surface area contributed by atoms with Gasteiger partial charge in [-0.05, 0) is 34.0 Å². The summed E-state index contributed by atoms with van der Waals surface area (Å²) in [7, 11) is 0. The van der Waals surface area contributed by atoms with Gasteiger partial charge in [0.05, 0.1) is 13.2 Å². The summed E-state index contributed by atoms with van der Waals surface area (Å²) in [4.78, 5) is 0. The Morgan fingerprint density at radius 2 is 2.12 bits per heavy atom. The van der Waals surface area contributed by atoms with Crippen molar-refractivity contribution in [1.82, 2.24) is 0 Å². The van der Waals surface area contributed by atoms with Crippen LogP contribution in [0.2, 0.25) is 0 Å². The minimum absolute atomic E-state index is 0.680. The van der Waals surface area contributed by atoms with Crippen molar-refractivity contribution in [3.8, 4) is 0 Å². The van der Waals surface area contributed by atoms with E-state index in [1.54, 1.807) is 0 Å². The molecule has 0 amide bonds. The second kappa shape index (κ2) is 9.23. The summed E-state index contributed by atoms with van der Waals surface area (Å²) in [5, 5.41) is 0. The molecule has 0 N–H and O–H groups in total. The lowest BCUT2D eigenvalue weighted by Crippen LogP contribution is -1.94. The Kier molecular flexibility index (Phi) is 7.74. The van der Waals surface area contributed by atoms with E-state index in [0.29, 0.717) is 6.61 Å². The molecule has 0 saturated carbocycles. The second-order valence-corrected chi connectivity index (χ2v) is 4.79. The fraction of sp³-hybridized carbons (Fsp3) is 0.400. The zero-order valence-electron chi connectivity index (χ0n) is 10.3. The molecule has 0 saturated heterocycles. The molecule has 0 atom stereocenters. The Labute approximate surface area is 112 Å². The van der Waals surface area contributed by atoms with Crippen molar-refractivity contribution in [1.29, 1.82) is 0 Å². The summed E-state index contributed by atoms with van der Waals surface area (Å²) < 4.78 is 6.67. The van der Waals surface area contributed by atoms with Crippen molar-refractivity contribution in [2.45, 2.75) is 32.8 Å². The van der Waals surface area contributed by atoms with Crippen molar-refractivity contribution in [3.63, 3.8) is 0 Å². The van der Waals surface area contributed by atoms with Crippen LogP contribution in [0.25, 0.3) is 0 Å². The van der Waals surface area contributed by atoms with E-state index < -0.39 is 0 Å². The molecule has 0 fully saturated rings. The predicted octanol–water partition coefficient (Wildman–Crippen LogP) is 4.83. The average Bonchev–Trinajstić information content (AvgIpc) is 2.36. The average molecular weight is 295 g/mol. The maximum Gasteiger partial charge on any atom is 0.0717 e. The topological polar surface area (TPSA) is 9.23 Å². The quantitative estimate of drug-likeness (QED) is 0.517. The number of ether oxygens (including phenoxy) is 1. The van der Waals surface area contributed by atoms with Gasteiger partial charge in [0.25, 0.3) is 0 Å². The second-order valence-electron chi connectivity index (χ2n) is 3.83. The minimum atomic E-state index is 0.680. The summed E-state index contributed by atoms with van der Waals surface area (Å²) in [5.74, 6) is 0. The van der Waals surface area contributed by atoms with Crippen molar-refractivity contribution in [2.75, 3.05) is 6.61 Å². The largest absolute Gasteiger partial charge is 0.376 e. The van der Waals surface area contributed by atoms with Crippen LogP contribution in [0.3, 0.4) is 0 Å². The van der Waals surface area contributed by atoms with Gasteiger partial charge in [0, 0.05) is 10.9 Å². The fourth-order valence-electron chi connectivity index (χ4n) is 1.33. The van der Waals surface area contributed by atoms with Crippen molar-refractivity contribution >= 4 is 15.9 Å². The van der Waals surface area contributed by atoms with Crippen molar-refractivity contribution in [3.05, 3.63) is 52.2 Å². The molecule has 2 heteroatoms. The molecule has 1 rings (SSSR count). The molecule has 0 unspecified atom stereocenters. The number of benzene rings is 1. The third kappa shape index (κ3) is 7.17. The van der Waals surface area contributed by atoms with Crippen LogP contribution in [-0.4, -0.2) is 6.61 Å². The molecule has 1 aromatic carbocycles. The van der Waals surface area contributed by atoms with Gasteiger partial charge >= 0.3 is 0 Å². The van der Waals surface area contributed by atoms with E-state index >= 15 is 0 Å². The molecular weight excluding hydrogens is 276 g/mol. The lowest BCUT2D eigenvalue weighted by Gasteiger charge is -2.02. The first-order valence-electron chi connectivity index (χ1n) is 6.04. The highest BCUT2D eigenvalue weighted by atomic mass is 79.9. The van der Waals surface area contributed by atoms with Gasteiger partial charge in [-0.1, -0.05) is 43.7 Å². The Morgan fingerprint density at radius 3 is 2.82 bits per heavy atom. The molecule has 0 spiro atoms. The van der Waals surface area contributed by atoms with Crippen LogP contribution < -0.4 is 0 Å². The van der Waals surface area contributed by atoms with E-state index in [-0.39, 0.29) is 0 Å². The summed E-state index contributed by atoms with van der Waals surface area (Å²) in [6.07, 6.45) is 5.20. The van der Waals surface area contributed by atoms with Crippen LogP contribution in [0.4, 0.5) is 0 Å². The number of hydrogen-bond donors (Lipinski definition) is 0. The maximum atomic E-state index is 5.59. The van der Waals surface area contributed by atoms with Gasteiger partial charge < -0.3 is 4.74 Å². The maximum absolute atomic E-state index is 5.59. The first-order chi connectivity index (χ1) is 8.33. The molecule has 0 aliphatic rings.